The fourth-order valence-electron chi connectivity index (χ4n) is 1.35. The van der Waals surface area contributed by atoms with E-state index in [0.29, 0.717) is 24.7 Å². The van der Waals surface area contributed by atoms with Gasteiger partial charge in [0.25, 0.3) is 0 Å². The SMILES string of the molecule is CCCOc1ccc(OCCSC[C@H](N)C(=O)O)cc1. The van der Waals surface area contributed by atoms with Gasteiger partial charge in [-0.3, -0.25) is 4.79 Å². The average Bonchev–Trinajstić information content (AvgIpc) is 2.45. The molecule has 5 nitrogen and oxygen atoms in total. The van der Waals surface area contributed by atoms with Crippen LogP contribution in [0.4, 0.5) is 0 Å². The molecule has 0 aromatic heterocycles. The molecule has 1 aromatic rings. The molecule has 0 bridgehead atoms. The van der Waals surface area contributed by atoms with E-state index in [9.17, 15) is 4.79 Å². The summed E-state index contributed by atoms with van der Waals surface area (Å²) in [6.45, 7) is 3.29. The van der Waals surface area contributed by atoms with Crippen molar-refractivity contribution in [3.63, 3.8) is 0 Å². The zero-order valence-electron chi connectivity index (χ0n) is 11.6. The Labute approximate surface area is 123 Å². The van der Waals surface area contributed by atoms with Crippen molar-refractivity contribution in [3.05, 3.63) is 24.3 Å². The molecule has 0 spiro atoms. The number of hydrogen-bond donors (Lipinski definition) is 2. The zero-order chi connectivity index (χ0) is 14.8. The average molecular weight is 299 g/mol. The summed E-state index contributed by atoms with van der Waals surface area (Å²) in [7, 11) is 0. The minimum absolute atomic E-state index is 0.391. The second kappa shape index (κ2) is 9.50. The van der Waals surface area contributed by atoms with Crippen LogP contribution in [0.3, 0.4) is 0 Å². The van der Waals surface area contributed by atoms with Gasteiger partial charge in [-0.1, -0.05) is 6.92 Å². The number of nitrogens with two attached hydrogens (primary N) is 1. The predicted octanol–water partition coefficient (Wildman–Crippen LogP) is 2.00. The highest BCUT2D eigenvalue weighted by molar-refractivity contribution is 7.99. The Morgan fingerprint density at radius 2 is 1.80 bits per heavy atom. The Bertz CT molecular complexity index is 397. The number of hydrogen-bond acceptors (Lipinski definition) is 5. The number of rotatable bonds is 10. The number of carbonyl (C=O) groups is 1. The van der Waals surface area contributed by atoms with E-state index >= 15 is 0 Å². The van der Waals surface area contributed by atoms with Crippen LogP contribution in [-0.2, 0) is 4.79 Å². The molecule has 0 unspecified atom stereocenters. The number of benzene rings is 1. The first kappa shape index (κ1) is 16.7. The first-order chi connectivity index (χ1) is 9.63. The van der Waals surface area contributed by atoms with Crippen molar-refractivity contribution >= 4 is 17.7 Å². The van der Waals surface area contributed by atoms with Gasteiger partial charge in [0.1, 0.15) is 17.5 Å². The number of carboxylic acids is 1. The highest BCUT2D eigenvalue weighted by atomic mass is 32.2. The largest absolute Gasteiger partial charge is 0.494 e. The summed E-state index contributed by atoms with van der Waals surface area (Å²) in [6, 6.07) is 6.66. The van der Waals surface area contributed by atoms with Gasteiger partial charge in [-0.25, -0.2) is 0 Å². The fourth-order valence-corrected chi connectivity index (χ4v) is 2.12. The molecular formula is C14H21NO4S. The molecule has 3 N–H and O–H groups in total. The van der Waals surface area contributed by atoms with Gasteiger partial charge in [0.2, 0.25) is 0 Å². The van der Waals surface area contributed by atoms with Gasteiger partial charge in [-0.05, 0) is 30.7 Å². The molecule has 1 rings (SSSR count). The molecule has 0 aliphatic carbocycles. The molecular weight excluding hydrogens is 278 g/mol. The third-order valence-electron chi connectivity index (χ3n) is 2.41. The molecule has 0 aliphatic heterocycles. The minimum atomic E-state index is -0.971. The van der Waals surface area contributed by atoms with Crippen molar-refractivity contribution in [1.82, 2.24) is 0 Å². The molecule has 6 heteroatoms. The summed E-state index contributed by atoms with van der Waals surface area (Å²) < 4.78 is 11.0. The van der Waals surface area contributed by atoms with Gasteiger partial charge in [0, 0.05) is 11.5 Å². The maximum atomic E-state index is 10.5. The molecule has 0 aliphatic rings. The Balaban J connectivity index is 2.17. The Hall–Kier alpha value is -1.40. The van der Waals surface area contributed by atoms with Crippen molar-refractivity contribution in [2.45, 2.75) is 19.4 Å². The summed E-state index contributed by atoms with van der Waals surface area (Å²) in [5.41, 5.74) is 5.39. The lowest BCUT2D eigenvalue weighted by atomic mass is 10.3. The van der Waals surface area contributed by atoms with Crippen molar-refractivity contribution in [2.24, 2.45) is 5.73 Å². The summed E-state index contributed by atoms with van der Waals surface area (Å²) in [5.74, 6) is 1.73. The first-order valence-corrected chi connectivity index (χ1v) is 7.70. The quantitative estimate of drug-likeness (QED) is 0.643. The van der Waals surface area contributed by atoms with Crippen LogP contribution >= 0.6 is 11.8 Å². The van der Waals surface area contributed by atoms with Crippen molar-refractivity contribution in [3.8, 4) is 11.5 Å². The maximum absolute atomic E-state index is 10.5. The fraction of sp³-hybridized carbons (Fsp3) is 0.500. The van der Waals surface area contributed by atoms with Gasteiger partial charge in [-0.2, -0.15) is 11.8 Å². The van der Waals surface area contributed by atoms with Crippen LogP contribution in [0.25, 0.3) is 0 Å². The van der Waals surface area contributed by atoms with Crippen molar-refractivity contribution in [2.75, 3.05) is 24.7 Å². The third-order valence-corrected chi connectivity index (χ3v) is 3.46. The van der Waals surface area contributed by atoms with Gasteiger partial charge in [-0.15, -0.1) is 0 Å². The monoisotopic (exact) mass is 299 g/mol. The van der Waals surface area contributed by atoms with E-state index in [1.807, 2.05) is 24.3 Å². The lowest BCUT2D eigenvalue weighted by Gasteiger charge is -2.09. The molecule has 1 atom stereocenters. The smallest absolute Gasteiger partial charge is 0.321 e. The summed E-state index contributed by atoms with van der Waals surface area (Å²) in [5, 5.41) is 8.62. The van der Waals surface area contributed by atoms with E-state index in [0.717, 1.165) is 17.9 Å². The normalized spacial score (nSPS) is 11.9. The van der Waals surface area contributed by atoms with E-state index in [-0.39, 0.29) is 0 Å². The van der Waals surface area contributed by atoms with Crippen LogP contribution < -0.4 is 15.2 Å². The molecule has 20 heavy (non-hydrogen) atoms. The maximum Gasteiger partial charge on any atom is 0.321 e. The highest BCUT2D eigenvalue weighted by Gasteiger charge is 2.10. The zero-order valence-corrected chi connectivity index (χ0v) is 12.4. The van der Waals surface area contributed by atoms with Crippen LogP contribution in [0.15, 0.2) is 24.3 Å². The molecule has 0 heterocycles. The third kappa shape index (κ3) is 6.68. The Kier molecular flexibility index (Phi) is 7.91. The number of thioether (sulfide) groups is 1. The lowest BCUT2D eigenvalue weighted by molar-refractivity contribution is -0.137. The van der Waals surface area contributed by atoms with Crippen LogP contribution in [0, 0.1) is 0 Å². The Morgan fingerprint density at radius 3 is 2.30 bits per heavy atom. The van der Waals surface area contributed by atoms with Gasteiger partial charge in [0.15, 0.2) is 0 Å². The van der Waals surface area contributed by atoms with Crippen molar-refractivity contribution in [1.29, 1.82) is 0 Å². The molecule has 112 valence electrons. The van der Waals surface area contributed by atoms with E-state index in [1.165, 1.54) is 11.8 Å². The second-order valence-electron chi connectivity index (χ2n) is 4.19. The number of carboxylic acid groups (broad SMARTS) is 1. The predicted molar refractivity (Wildman–Crippen MR) is 80.7 cm³/mol. The Morgan fingerprint density at radius 1 is 1.25 bits per heavy atom. The van der Waals surface area contributed by atoms with E-state index < -0.39 is 12.0 Å². The lowest BCUT2D eigenvalue weighted by Crippen LogP contribution is -2.32. The van der Waals surface area contributed by atoms with E-state index in [1.54, 1.807) is 0 Å². The molecule has 0 radical (unpaired) electrons. The first-order valence-electron chi connectivity index (χ1n) is 6.55. The van der Waals surface area contributed by atoms with Crippen LogP contribution in [0.2, 0.25) is 0 Å². The standard InChI is InChI=1S/C14H21NO4S/c1-2-7-18-11-3-5-12(6-4-11)19-8-9-20-10-13(15)14(16)17/h3-6,13H,2,7-10,15H2,1H3,(H,16,17)/t13-/m0/s1. The van der Waals surface area contributed by atoms with Crippen LogP contribution in [-0.4, -0.2) is 41.8 Å². The van der Waals surface area contributed by atoms with Crippen LogP contribution in [0.1, 0.15) is 13.3 Å². The number of aliphatic carboxylic acids is 1. The summed E-state index contributed by atoms with van der Waals surface area (Å²) in [4.78, 5) is 10.5. The molecule has 0 fully saturated rings. The molecule has 0 saturated carbocycles. The molecule has 1 aromatic carbocycles. The van der Waals surface area contributed by atoms with Crippen molar-refractivity contribution < 1.29 is 19.4 Å². The topological polar surface area (TPSA) is 81.8 Å². The van der Waals surface area contributed by atoms with E-state index in [4.69, 9.17) is 20.3 Å². The van der Waals surface area contributed by atoms with Gasteiger partial charge in [0.05, 0.1) is 13.2 Å². The molecule has 0 saturated heterocycles. The summed E-state index contributed by atoms with van der Waals surface area (Å²) in [6.07, 6.45) is 0.980. The van der Waals surface area contributed by atoms with Gasteiger partial charge < -0.3 is 20.3 Å². The highest BCUT2D eigenvalue weighted by Crippen LogP contribution is 2.18. The van der Waals surface area contributed by atoms with E-state index in [2.05, 4.69) is 6.92 Å². The second-order valence-corrected chi connectivity index (χ2v) is 5.34. The van der Waals surface area contributed by atoms with Gasteiger partial charge >= 0.3 is 5.97 Å². The minimum Gasteiger partial charge on any atom is -0.494 e. The molecule has 0 amide bonds. The summed E-state index contributed by atoms with van der Waals surface area (Å²) >= 11 is 1.47. The van der Waals surface area contributed by atoms with Crippen LogP contribution in [0.5, 0.6) is 11.5 Å². The number of ether oxygens (including phenoxy) is 2.